The second-order valence-electron chi connectivity index (χ2n) is 4.34. The molecule has 1 atom stereocenters. The van der Waals surface area contributed by atoms with Gasteiger partial charge < -0.3 is 0 Å². The Labute approximate surface area is 115 Å². The Morgan fingerprint density at radius 3 is 2.94 bits per heavy atom. The molecule has 4 nitrogen and oxygen atoms in total. The van der Waals surface area contributed by atoms with E-state index in [1.54, 1.807) is 0 Å². The predicted octanol–water partition coefficient (Wildman–Crippen LogP) is 2.32. The molecule has 0 radical (unpaired) electrons. The molecule has 0 bridgehead atoms. The molecule has 0 aliphatic carbocycles. The van der Waals surface area contributed by atoms with Crippen LogP contribution in [0.2, 0.25) is 0 Å². The van der Waals surface area contributed by atoms with Gasteiger partial charge in [-0.1, -0.05) is 28.1 Å². The van der Waals surface area contributed by atoms with Crippen molar-refractivity contribution in [2.75, 3.05) is 0 Å². The summed E-state index contributed by atoms with van der Waals surface area (Å²) in [5, 5.41) is 4.16. The van der Waals surface area contributed by atoms with E-state index >= 15 is 0 Å². The van der Waals surface area contributed by atoms with Crippen LogP contribution < -0.4 is 11.3 Å². The van der Waals surface area contributed by atoms with E-state index in [9.17, 15) is 0 Å². The lowest BCUT2D eigenvalue weighted by atomic mass is 10.0. The van der Waals surface area contributed by atoms with Crippen molar-refractivity contribution in [3.8, 4) is 0 Å². The van der Waals surface area contributed by atoms with Crippen LogP contribution in [0.3, 0.4) is 0 Å². The summed E-state index contributed by atoms with van der Waals surface area (Å²) in [6, 6.07) is 8.36. The Balaban J connectivity index is 2.01. The number of aryl methyl sites for hydroxylation is 2. The quantitative estimate of drug-likeness (QED) is 0.658. The molecule has 0 saturated heterocycles. The van der Waals surface area contributed by atoms with E-state index in [2.05, 4.69) is 38.6 Å². The maximum atomic E-state index is 5.64. The first kappa shape index (κ1) is 13.3. The second kappa shape index (κ2) is 6.13. The number of nitrogens with zero attached hydrogens (tertiary/aromatic N) is 2. The molecule has 1 aromatic carbocycles. The Kier molecular flexibility index (Phi) is 4.52. The van der Waals surface area contributed by atoms with Gasteiger partial charge in [-0.2, -0.15) is 5.10 Å². The Bertz CT molecular complexity index is 509. The van der Waals surface area contributed by atoms with Gasteiger partial charge in [-0.3, -0.25) is 16.0 Å². The molecule has 0 saturated carbocycles. The zero-order valence-corrected chi connectivity index (χ0v) is 11.9. The summed E-state index contributed by atoms with van der Waals surface area (Å²) in [5.41, 5.74) is 5.29. The van der Waals surface area contributed by atoms with Crippen LogP contribution in [0.1, 0.15) is 23.6 Å². The van der Waals surface area contributed by atoms with Crippen molar-refractivity contribution in [3.05, 3.63) is 52.3 Å². The van der Waals surface area contributed by atoms with Crippen molar-refractivity contribution < 1.29 is 0 Å². The lowest BCUT2D eigenvalue weighted by Gasteiger charge is -2.16. The highest BCUT2D eigenvalue weighted by atomic mass is 79.9. The highest BCUT2D eigenvalue weighted by molar-refractivity contribution is 9.10. The van der Waals surface area contributed by atoms with E-state index in [1.807, 2.05) is 36.3 Å². The number of hydrogen-bond donors (Lipinski definition) is 2. The summed E-state index contributed by atoms with van der Waals surface area (Å²) in [5.74, 6) is 5.64. The zero-order chi connectivity index (χ0) is 13.0. The average Bonchev–Trinajstić information content (AvgIpc) is 2.76. The van der Waals surface area contributed by atoms with Crippen LogP contribution in [0.5, 0.6) is 0 Å². The molecule has 0 aliphatic heterocycles. The summed E-state index contributed by atoms with van der Waals surface area (Å²) in [4.78, 5) is 0. The number of halogens is 1. The number of hydrazine groups is 1. The Morgan fingerprint density at radius 1 is 1.50 bits per heavy atom. The third kappa shape index (κ3) is 3.41. The van der Waals surface area contributed by atoms with Gasteiger partial charge in [0.2, 0.25) is 0 Å². The van der Waals surface area contributed by atoms with Crippen molar-refractivity contribution in [1.29, 1.82) is 0 Å². The largest absolute Gasteiger partial charge is 0.276 e. The summed E-state index contributed by atoms with van der Waals surface area (Å²) in [6.45, 7) is 0. The number of nitrogens with two attached hydrogens (primary N) is 1. The molecular weight excluding hydrogens is 292 g/mol. The maximum absolute atomic E-state index is 5.64. The van der Waals surface area contributed by atoms with Gasteiger partial charge in [0.25, 0.3) is 0 Å². The van der Waals surface area contributed by atoms with Crippen LogP contribution >= 0.6 is 15.9 Å². The number of nitrogens with one attached hydrogen (secondary N) is 1. The van der Waals surface area contributed by atoms with Crippen LogP contribution in [-0.4, -0.2) is 9.78 Å². The monoisotopic (exact) mass is 308 g/mol. The highest BCUT2D eigenvalue weighted by Crippen LogP contribution is 2.21. The van der Waals surface area contributed by atoms with Crippen molar-refractivity contribution >= 4 is 15.9 Å². The number of aromatic nitrogens is 2. The van der Waals surface area contributed by atoms with Gasteiger partial charge in [0.05, 0.1) is 6.20 Å². The molecule has 1 unspecified atom stereocenters. The highest BCUT2D eigenvalue weighted by Gasteiger charge is 2.10. The SMILES string of the molecule is Cn1cc(CCC(NN)c2cccc(Br)c2)cn1. The topological polar surface area (TPSA) is 55.9 Å². The van der Waals surface area contributed by atoms with Gasteiger partial charge in [-0.25, -0.2) is 0 Å². The summed E-state index contributed by atoms with van der Waals surface area (Å²) < 4.78 is 2.89. The van der Waals surface area contributed by atoms with Crippen LogP contribution in [0.25, 0.3) is 0 Å². The van der Waals surface area contributed by atoms with Crippen molar-refractivity contribution in [3.63, 3.8) is 0 Å². The van der Waals surface area contributed by atoms with Gasteiger partial charge in [0, 0.05) is 23.8 Å². The molecule has 18 heavy (non-hydrogen) atoms. The van der Waals surface area contributed by atoms with Crippen LogP contribution in [0, 0.1) is 0 Å². The third-order valence-electron chi connectivity index (χ3n) is 2.93. The average molecular weight is 309 g/mol. The molecule has 3 N–H and O–H groups in total. The van der Waals surface area contributed by atoms with Crippen LogP contribution in [-0.2, 0) is 13.5 Å². The maximum Gasteiger partial charge on any atom is 0.0521 e. The van der Waals surface area contributed by atoms with Gasteiger partial charge in [0.15, 0.2) is 0 Å². The van der Waals surface area contributed by atoms with Gasteiger partial charge in [-0.15, -0.1) is 0 Å². The summed E-state index contributed by atoms with van der Waals surface area (Å²) >= 11 is 3.48. The van der Waals surface area contributed by atoms with E-state index in [1.165, 1.54) is 11.1 Å². The first-order chi connectivity index (χ1) is 8.69. The lowest BCUT2D eigenvalue weighted by molar-refractivity contribution is 0.516. The van der Waals surface area contributed by atoms with E-state index in [0.717, 1.165) is 17.3 Å². The van der Waals surface area contributed by atoms with Crippen LogP contribution in [0.4, 0.5) is 0 Å². The zero-order valence-electron chi connectivity index (χ0n) is 10.3. The molecule has 0 fully saturated rings. The van der Waals surface area contributed by atoms with Crippen molar-refractivity contribution in [2.24, 2.45) is 12.9 Å². The lowest BCUT2D eigenvalue weighted by Crippen LogP contribution is -2.28. The molecule has 0 amide bonds. The minimum Gasteiger partial charge on any atom is -0.276 e. The van der Waals surface area contributed by atoms with Gasteiger partial charge >= 0.3 is 0 Å². The first-order valence-electron chi connectivity index (χ1n) is 5.88. The van der Waals surface area contributed by atoms with Crippen molar-refractivity contribution in [2.45, 2.75) is 18.9 Å². The number of benzene rings is 1. The van der Waals surface area contributed by atoms with Gasteiger partial charge in [0.1, 0.15) is 0 Å². The molecule has 96 valence electrons. The molecule has 0 spiro atoms. The van der Waals surface area contributed by atoms with Crippen LogP contribution in [0.15, 0.2) is 41.1 Å². The number of rotatable bonds is 5. The standard InChI is InChI=1S/C13H17BrN4/c1-18-9-10(8-16-18)5-6-13(17-15)11-3-2-4-12(14)7-11/h2-4,7-9,13,17H,5-6,15H2,1H3. The number of hydrogen-bond acceptors (Lipinski definition) is 3. The first-order valence-corrected chi connectivity index (χ1v) is 6.67. The normalized spacial score (nSPS) is 12.6. The molecule has 5 heteroatoms. The summed E-state index contributed by atoms with van der Waals surface area (Å²) in [7, 11) is 1.93. The molecule has 1 aromatic heterocycles. The molecular formula is C13H17BrN4. The Hall–Kier alpha value is -1.17. The minimum atomic E-state index is 0.155. The predicted molar refractivity (Wildman–Crippen MR) is 75.7 cm³/mol. The Morgan fingerprint density at radius 2 is 2.33 bits per heavy atom. The second-order valence-corrected chi connectivity index (χ2v) is 5.25. The fourth-order valence-corrected chi connectivity index (χ4v) is 2.40. The smallest absolute Gasteiger partial charge is 0.0521 e. The van der Waals surface area contributed by atoms with E-state index in [4.69, 9.17) is 5.84 Å². The fraction of sp³-hybridized carbons (Fsp3) is 0.308. The molecule has 0 aliphatic rings. The third-order valence-corrected chi connectivity index (χ3v) is 3.43. The van der Waals surface area contributed by atoms with E-state index in [0.29, 0.717) is 0 Å². The van der Waals surface area contributed by atoms with E-state index < -0.39 is 0 Å². The molecule has 1 heterocycles. The molecule has 2 aromatic rings. The van der Waals surface area contributed by atoms with Crippen molar-refractivity contribution in [1.82, 2.24) is 15.2 Å². The minimum absolute atomic E-state index is 0.155. The fourth-order valence-electron chi connectivity index (χ4n) is 1.98. The molecule has 2 rings (SSSR count). The van der Waals surface area contributed by atoms with E-state index in [-0.39, 0.29) is 6.04 Å². The van der Waals surface area contributed by atoms with Gasteiger partial charge in [-0.05, 0) is 36.1 Å². The summed E-state index contributed by atoms with van der Waals surface area (Å²) in [6.07, 6.45) is 5.83.